The van der Waals surface area contributed by atoms with Crippen LogP contribution in [-0.4, -0.2) is 18.5 Å². The molecular weight excluding hydrogens is 236 g/mol. The van der Waals surface area contributed by atoms with E-state index in [4.69, 9.17) is 5.73 Å². The van der Waals surface area contributed by atoms with Gasteiger partial charge in [-0.15, -0.1) is 0 Å². The van der Waals surface area contributed by atoms with Gasteiger partial charge in [0.15, 0.2) is 0 Å². The van der Waals surface area contributed by atoms with Crippen molar-refractivity contribution in [3.8, 4) is 0 Å². The molecular formula is C16H24N2O. The van der Waals surface area contributed by atoms with Gasteiger partial charge in [0.1, 0.15) is 0 Å². The first-order valence-corrected chi connectivity index (χ1v) is 7.26. The molecule has 1 aromatic rings. The van der Waals surface area contributed by atoms with Crippen LogP contribution in [0.25, 0.3) is 0 Å². The zero-order valence-electron chi connectivity index (χ0n) is 11.7. The molecule has 1 aromatic carbocycles. The van der Waals surface area contributed by atoms with Gasteiger partial charge in [-0.3, -0.25) is 4.79 Å². The maximum atomic E-state index is 11.3. The lowest BCUT2D eigenvalue weighted by Crippen LogP contribution is -2.46. The molecule has 0 aromatic heterocycles. The molecule has 0 radical (unpaired) electrons. The van der Waals surface area contributed by atoms with Crippen LogP contribution in [-0.2, 0) is 10.2 Å². The molecule has 0 heterocycles. The number of benzene rings is 1. The highest BCUT2D eigenvalue weighted by Gasteiger charge is 2.35. The molecule has 0 unspecified atom stereocenters. The van der Waals surface area contributed by atoms with E-state index in [2.05, 4.69) is 35.6 Å². The van der Waals surface area contributed by atoms with Crippen LogP contribution in [0.4, 0.5) is 0 Å². The number of hydrogen-bond acceptors (Lipinski definition) is 2. The molecule has 0 saturated heterocycles. The third-order valence-electron chi connectivity index (χ3n) is 4.39. The fourth-order valence-electron chi connectivity index (χ4n) is 3.18. The first-order valence-electron chi connectivity index (χ1n) is 7.26. The molecule has 1 fully saturated rings. The highest BCUT2D eigenvalue weighted by atomic mass is 16.1. The molecule has 0 bridgehead atoms. The molecule has 104 valence electrons. The summed E-state index contributed by atoms with van der Waals surface area (Å²) in [4.78, 5) is 11.3. The van der Waals surface area contributed by atoms with E-state index in [1.165, 1.54) is 31.2 Å². The molecule has 1 aliphatic carbocycles. The van der Waals surface area contributed by atoms with Gasteiger partial charge in [0.05, 0.1) is 6.04 Å². The van der Waals surface area contributed by atoms with Gasteiger partial charge in [0, 0.05) is 12.0 Å². The lowest BCUT2D eigenvalue weighted by atomic mass is 9.78. The van der Waals surface area contributed by atoms with E-state index >= 15 is 0 Å². The van der Waals surface area contributed by atoms with Crippen LogP contribution in [0.2, 0.25) is 0 Å². The first kappa shape index (κ1) is 14.1. The first-order chi connectivity index (χ1) is 9.18. The maximum absolute atomic E-state index is 11.3. The van der Waals surface area contributed by atoms with E-state index in [9.17, 15) is 4.79 Å². The van der Waals surface area contributed by atoms with Gasteiger partial charge in [-0.25, -0.2) is 0 Å². The third-order valence-corrected chi connectivity index (χ3v) is 4.39. The minimum Gasteiger partial charge on any atom is -0.368 e. The van der Waals surface area contributed by atoms with Gasteiger partial charge in [0.2, 0.25) is 5.91 Å². The minimum absolute atomic E-state index is 0.185. The standard InChI is InChI=1S/C16H24N2O/c1-2-14(15(17)19)18-12-16(10-6-7-11-16)13-8-4-3-5-9-13/h3-5,8-9,14,18H,2,6-7,10-12H2,1H3,(H2,17,19)/t14-/m0/s1. The van der Waals surface area contributed by atoms with Crippen LogP contribution in [0.5, 0.6) is 0 Å². The Kier molecular flexibility index (Phi) is 4.59. The summed E-state index contributed by atoms with van der Waals surface area (Å²) in [5.74, 6) is -0.247. The second-order valence-electron chi connectivity index (χ2n) is 5.60. The Morgan fingerprint density at radius 1 is 1.32 bits per heavy atom. The second kappa shape index (κ2) is 6.20. The van der Waals surface area contributed by atoms with Crippen molar-refractivity contribution in [2.75, 3.05) is 6.54 Å². The van der Waals surface area contributed by atoms with Crippen molar-refractivity contribution in [1.29, 1.82) is 0 Å². The Bertz CT molecular complexity index is 410. The third kappa shape index (κ3) is 3.16. The molecule has 3 nitrogen and oxygen atoms in total. The van der Waals surface area contributed by atoms with Crippen molar-refractivity contribution in [3.63, 3.8) is 0 Å². The average Bonchev–Trinajstić information content (AvgIpc) is 2.90. The number of nitrogens with one attached hydrogen (secondary N) is 1. The quantitative estimate of drug-likeness (QED) is 0.825. The number of carbonyl (C=O) groups excluding carboxylic acids is 1. The summed E-state index contributed by atoms with van der Waals surface area (Å²) in [5, 5.41) is 3.38. The number of primary amides is 1. The van der Waals surface area contributed by atoms with Crippen LogP contribution in [0.1, 0.15) is 44.6 Å². The Morgan fingerprint density at radius 3 is 2.47 bits per heavy atom. The zero-order valence-corrected chi connectivity index (χ0v) is 11.7. The summed E-state index contributed by atoms with van der Waals surface area (Å²) >= 11 is 0. The van der Waals surface area contributed by atoms with E-state index in [0.717, 1.165) is 13.0 Å². The smallest absolute Gasteiger partial charge is 0.234 e. The molecule has 0 spiro atoms. The Balaban J connectivity index is 2.11. The molecule has 2 rings (SSSR count). The largest absolute Gasteiger partial charge is 0.368 e. The monoisotopic (exact) mass is 260 g/mol. The second-order valence-corrected chi connectivity index (χ2v) is 5.60. The van der Waals surface area contributed by atoms with Gasteiger partial charge in [0.25, 0.3) is 0 Å². The van der Waals surface area contributed by atoms with Crippen LogP contribution in [0.3, 0.4) is 0 Å². The van der Waals surface area contributed by atoms with Gasteiger partial charge in [-0.1, -0.05) is 50.1 Å². The fourth-order valence-corrected chi connectivity index (χ4v) is 3.18. The highest BCUT2D eigenvalue weighted by molar-refractivity contribution is 5.79. The maximum Gasteiger partial charge on any atom is 0.234 e. The Morgan fingerprint density at radius 2 is 1.95 bits per heavy atom. The summed E-state index contributed by atoms with van der Waals surface area (Å²) < 4.78 is 0. The van der Waals surface area contributed by atoms with Gasteiger partial charge in [-0.2, -0.15) is 0 Å². The van der Waals surface area contributed by atoms with Crippen molar-refractivity contribution in [3.05, 3.63) is 35.9 Å². The summed E-state index contributed by atoms with van der Waals surface area (Å²) in [7, 11) is 0. The van der Waals surface area contributed by atoms with Gasteiger partial charge >= 0.3 is 0 Å². The van der Waals surface area contributed by atoms with Crippen LogP contribution < -0.4 is 11.1 Å². The van der Waals surface area contributed by atoms with Gasteiger partial charge < -0.3 is 11.1 Å². The number of nitrogens with two attached hydrogens (primary N) is 1. The summed E-state index contributed by atoms with van der Waals surface area (Å²) in [6.07, 6.45) is 5.67. The molecule has 3 heteroatoms. The van der Waals surface area contributed by atoms with Crippen molar-refractivity contribution in [2.45, 2.75) is 50.5 Å². The SMILES string of the molecule is CC[C@H](NCC1(c2ccccc2)CCCC1)C(N)=O. The fraction of sp³-hybridized carbons (Fsp3) is 0.562. The van der Waals surface area contributed by atoms with E-state index < -0.39 is 0 Å². The van der Waals surface area contributed by atoms with Crippen molar-refractivity contribution < 1.29 is 4.79 Å². The lowest BCUT2D eigenvalue weighted by Gasteiger charge is -2.31. The highest BCUT2D eigenvalue weighted by Crippen LogP contribution is 2.40. The van der Waals surface area contributed by atoms with E-state index in [0.29, 0.717) is 0 Å². The predicted molar refractivity (Wildman–Crippen MR) is 77.9 cm³/mol. The normalized spacial score (nSPS) is 19.2. The van der Waals surface area contributed by atoms with Gasteiger partial charge in [-0.05, 0) is 24.8 Å². The molecule has 1 atom stereocenters. The topological polar surface area (TPSA) is 55.1 Å². The molecule has 19 heavy (non-hydrogen) atoms. The molecule has 1 saturated carbocycles. The van der Waals surface area contributed by atoms with Crippen LogP contribution >= 0.6 is 0 Å². The van der Waals surface area contributed by atoms with Crippen molar-refractivity contribution in [1.82, 2.24) is 5.32 Å². The minimum atomic E-state index is -0.247. The molecule has 1 amide bonds. The Hall–Kier alpha value is -1.35. The number of carbonyl (C=O) groups is 1. The van der Waals surface area contributed by atoms with Crippen molar-refractivity contribution in [2.24, 2.45) is 5.73 Å². The predicted octanol–water partition coefficient (Wildman–Crippen LogP) is 2.35. The van der Waals surface area contributed by atoms with E-state index in [1.807, 2.05) is 6.92 Å². The summed E-state index contributed by atoms with van der Waals surface area (Å²) in [6, 6.07) is 10.5. The Labute approximate surface area is 115 Å². The molecule has 0 aliphatic heterocycles. The van der Waals surface area contributed by atoms with E-state index in [1.54, 1.807) is 0 Å². The number of amides is 1. The molecule has 3 N–H and O–H groups in total. The zero-order chi connectivity index (χ0) is 13.7. The summed E-state index contributed by atoms with van der Waals surface area (Å²) in [5.41, 5.74) is 6.99. The number of hydrogen-bond donors (Lipinski definition) is 2. The van der Waals surface area contributed by atoms with E-state index in [-0.39, 0.29) is 17.4 Å². The van der Waals surface area contributed by atoms with Crippen molar-refractivity contribution >= 4 is 5.91 Å². The summed E-state index contributed by atoms with van der Waals surface area (Å²) in [6.45, 7) is 2.84. The van der Waals surface area contributed by atoms with Crippen LogP contribution in [0, 0.1) is 0 Å². The average molecular weight is 260 g/mol. The van der Waals surface area contributed by atoms with Crippen LogP contribution in [0.15, 0.2) is 30.3 Å². The lowest BCUT2D eigenvalue weighted by molar-refractivity contribution is -0.120. The molecule has 1 aliphatic rings. The number of rotatable bonds is 6.